The van der Waals surface area contributed by atoms with Gasteiger partial charge in [-0.1, -0.05) is 27.2 Å². The highest BCUT2D eigenvalue weighted by Crippen LogP contribution is 2.34. The van der Waals surface area contributed by atoms with Crippen molar-refractivity contribution in [3.05, 3.63) is 0 Å². The molecule has 4 heteroatoms. The van der Waals surface area contributed by atoms with Crippen LogP contribution in [-0.4, -0.2) is 26.2 Å². The van der Waals surface area contributed by atoms with E-state index in [0.29, 0.717) is 12.8 Å². The monoisotopic (exact) mass is 230 g/mol. The van der Waals surface area contributed by atoms with Gasteiger partial charge in [0.05, 0.1) is 14.2 Å². The summed E-state index contributed by atoms with van der Waals surface area (Å²) in [5.41, 5.74) is -1.13. The van der Waals surface area contributed by atoms with Crippen molar-refractivity contribution in [3.63, 3.8) is 0 Å². The van der Waals surface area contributed by atoms with E-state index in [1.807, 2.05) is 20.8 Å². The summed E-state index contributed by atoms with van der Waals surface area (Å²) < 4.78 is 9.50. The second-order valence-electron chi connectivity index (χ2n) is 4.41. The fourth-order valence-electron chi connectivity index (χ4n) is 2.07. The molecule has 0 saturated carbocycles. The first-order chi connectivity index (χ1) is 7.44. The molecule has 0 aliphatic rings. The second kappa shape index (κ2) is 6.51. The number of methoxy groups -OCH3 is 2. The lowest BCUT2D eigenvalue weighted by Gasteiger charge is -2.29. The van der Waals surface area contributed by atoms with E-state index in [9.17, 15) is 9.59 Å². The van der Waals surface area contributed by atoms with Crippen molar-refractivity contribution in [2.45, 2.75) is 40.0 Å². The zero-order valence-electron chi connectivity index (χ0n) is 10.8. The van der Waals surface area contributed by atoms with E-state index in [1.54, 1.807) is 0 Å². The Kier molecular flexibility index (Phi) is 6.08. The highest BCUT2D eigenvalue weighted by atomic mass is 16.5. The van der Waals surface area contributed by atoms with Crippen LogP contribution in [0.5, 0.6) is 0 Å². The molecule has 0 radical (unpaired) electrons. The van der Waals surface area contributed by atoms with Crippen molar-refractivity contribution in [2.75, 3.05) is 14.2 Å². The summed E-state index contributed by atoms with van der Waals surface area (Å²) in [5, 5.41) is 0. The first-order valence-corrected chi connectivity index (χ1v) is 5.61. The van der Waals surface area contributed by atoms with Gasteiger partial charge in [-0.2, -0.15) is 0 Å². The van der Waals surface area contributed by atoms with E-state index in [-0.39, 0.29) is 5.92 Å². The van der Waals surface area contributed by atoms with Gasteiger partial charge in [0.2, 0.25) is 0 Å². The summed E-state index contributed by atoms with van der Waals surface area (Å²) in [4.78, 5) is 23.7. The van der Waals surface area contributed by atoms with Crippen molar-refractivity contribution in [2.24, 2.45) is 11.3 Å². The molecular formula is C12H22O4. The number of rotatable bonds is 6. The van der Waals surface area contributed by atoms with Crippen LogP contribution in [0.2, 0.25) is 0 Å². The third-order valence-electron chi connectivity index (χ3n) is 2.59. The summed E-state index contributed by atoms with van der Waals surface area (Å²) in [6.07, 6.45) is 1.65. The number of ether oxygens (including phenoxy) is 2. The van der Waals surface area contributed by atoms with Gasteiger partial charge in [-0.3, -0.25) is 9.59 Å². The lowest BCUT2D eigenvalue weighted by Crippen LogP contribution is -2.42. The molecule has 0 aromatic heterocycles. The van der Waals surface area contributed by atoms with Crippen LogP contribution in [0, 0.1) is 11.3 Å². The molecule has 0 aliphatic heterocycles. The molecule has 0 saturated heterocycles. The highest BCUT2D eigenvalue weighted by molar-refractivity contribution is 5.99. The molecule has 0 rings (SSSR count). The van der Waals surface area contributed by atoms with Crippen molar-refractivity contribution < 1.29 is 19.1 Å². The predicted octanol–water partition coefficient (Wildman–Crippen LogP) is 2.17. The van der Waals surface area contributed by atoms with Crippen LogP contribution < -0.4 is 0 Å². The van der Waals surface area contributed by atoms with Crippen molar-refractivity contribution in [3.8, 4) is 0 Å². The second-order valence-corrected chi connectivity index (χ2v) is 4.41. The number of carbonyl (C=O) groups is 2. The molecule has 0 spiro atoms. The summed E-state index contributed by atoms with van der Waals surface area (Å²) in [6.45, 7) is 5.87. The van der Waals surface area contributed by atoms with Gasteiger partial charge in [0, 0.05) is 0 Å². The fourth-order valence-corrected chi connectivity index (χ4v) is 2.07. The number of hydrogen-bond donors (Lipinski definition) is 0. The van der Waals surface area contributed by atoms with Crippen LogP contribution in [-0.2, 0) is 19.1 Å². The van der Waals surface area contributed by atoms with Gasteiger partial charge >= 0.3 is 11.9 Å². The Balaban J connectivity index is 5.20. The smallest absolute Gasteiger partial charge is 0.323 e. The normalized spacial score (nSPS) is 11.4. The molecular weight excluding hydrogens is 208 g/mol. The predicted molar refractivity (Wildman–Crippen MR) is 60.8 cm³/mol. The van der Waals surface area contributed by atoms with Crippen LogP contribution in [0.15, 0.2) is 0 Å². The Morgan fingerprint density at radius 2 is 1.56 bits per heavy atom. The largest absolute Gasteiger partial charge is 0.468 e. The fraction of sp³-hybridized carbons (Fsp3) is 0.833. The average molecular weight is 230 g/mol. The summed E-state index contributed by atoms with van der Waals surface area (Å²) in [6, 6.07) is 0. The summed E-state index contributed by atoms with van der Waals surface area (Å²) >= 11 is 0. The Morgan fingerprint density at radius 1 is 1.12 bits per heavy atom. The van der Waals surface area contributed by atoms with Crippen molar-refractivity contribution in [1.29, 1.82) is 0 Å². The van der Waals surface area contributed by atoms with E-state index in [2.05, 4.69) is 0 Å². The quantitative estimate of drug-likeness (QED) is 0.518. The molecule has 94 valence electrons. The van der Waals surface area contributed by atoms with E-state index >= 15 is 0 Å². The molecule has 0 aromatic carbocycles. The Bertz CT molecular complexity index is 229. The molecule has 0 aliphatic carbocycles. The standard InChI is InChI=1S/C12H22O4/c1-6-7-12(8-9(2)3,10(13)15-4)11(14)16-5/h9H,6-8H2,1-5H3. The molecule has 0 amide bonds. The van der Waals surface area contributed by atoms with E-state index in [4.69, 9.17) is 9.47 Å². The van der Waals surface area contributed by atoms with Crippen molar-refractivity contribution >= 4 is 11.9 Å². The van der Waals surface area contributed by atoms with Gasteiger partial charge < -0.3 is 9.47 Å². The highest BCUT2D eigenvalue weighted by Gasteiger charge is 2.47. The first-order valence-electron chi connectivity index (χ1n) is 5.61. The molecule has 0 N–H and O–H groups in total. The Hall–Kier alpha value is -1.06. The van der Waals surface area contributed by atoms with Gasteiger partial charge in [0.1, 0.15) is 0 Å². The maximum atomic E-state index is 11.8. The Morgan fingerprint density at radius 3 is 1.81 bits per heavy atom. The maximum Gasteiger partial charge on any atom is 0.323 e. The lowest BCUT2D eigenvalue weighted by molar-refractivity contribution is -0.171. The van der Waals surface area contributed by atoms with E-state index < -0.39 is 17.4 Å². The van der Waals surface area contributed by atoms with Crippen LogP contribution >= 0.6 is 0 Å². The van der Waals surface area contributed by atoms with Crippen LogP contribution in [0.25, 0.3) is 0 Å². The minimum Gasteiger partial charge on any atom is -0.468 e. The zero-order chi connectivity index (χ0) is 12.8. The molecule has 0 bridgehead atoms. The SMILES string of the molecule is CCCC(CC(C)C)(C(=O)OC)C(=O)OC. The zero-order valence-corrected chi connectivity index (χ0v) is 10.8. The molecule has 0 heterocycles. The molecule has 0 atom stereocenters. The van der Waals surface area contributed by atoms with Gasteiger partial charge in [-0.15, -0.1) is 0 Å². The number of hydrogen-bond acceptors (Lipinski definition) is 4. The number of esters is 2. The third kappa shape index (κ3) is 3.22. The van der Waals surface area contributed by atoms with E-state index in [0.717, 1.165) is 6.42 Å². The van der Waals surface area contributed by atoms with Crippen LogP contribution in [0.3, 0.4) is 0 Å². The summed E-state index contributed by atoms with van der Waals surface area (Å²) in [5.74, 6) is -0.755. The first kappa shape index (κ1) is 14.9. The summed E-state index contributed by atoms with van der Waals surface area (Å²) in [7, 11) is 2.60. The Labute approximate surface area is 97.3 Å². The van der Waals surface area contributed by atoms with Crippen LogP contribution in [0.1, 0.15) is 40.0 Å². The van der Waals surface area contributed by atoms with Crippen molar-refractivity contribution in [1.82, 2.24) is 0 Å². The molecule has 0 fully saturated rings. The molecule has 4 nitrogen and oxygen atoms in total. The average Bonchev–Trinajstić information content (AvgIpc) is 2.25. The molecule has 0 unspecified atom stereocenters. The lowest BCUT2D eigenvalue weighted by atomic mass is 9.76. The minimum absolute atomic E-state index is 0.227. The van der Waals surface area contributed by atoms with Gasteiger partial charge in [-0.05, 0) is 18.8 Å². The minimum atomic E-state index is -1.13. The van der Waals surface area contributed by atoms with Gasteiger partial charge in [-0.25, -0.2) is 0 Å². The molecule has 0 aromatic rings. The van der Waals surface area contributed by atoms with Gasteiger partial charge in [0.15, 0.2) is 5.41 Å². The molecule has 16 heavy (non-hydrogen) atoms. The van der Waals surface area contributed by atoms with Gasteiger partial charge in [0.25, 0.3) is 0 Å². The maximum absolute atomic E-state index is 11.8. The van der Waals surface area contributed by atoms with E-state index in [1.165, 1.54) is 14.2 Å². The third-order valence-corrected chi connectivity index (χ3v) is 2.59. The topological polar surface area (TPSA) is 52.6 Å². The van der Waals surface area contributed by atoms with Crippen LogP contribution in [0.4, 0.5) is 0 Å². The number of carbonyl (C=O) groups excluding carboxylic acids is 2.